The predicted molar refractivity (Wildman–Crippen MR) is 93.7 cm³/mol. The molecule has 0 saturated carbocycles. The average Bonchev–Trinajstić information content (AvgIpc) is 2.43. The van der Waals surface area contributed by atoms with Gasteiger partial charge in [-0.2, -0.15) is 0 Å². The van der Waals surface area contributed by atoms with Gasteiger partial charge in [0.05, 0.1) is 0 Å². The van der Waals surface area contributed by atoms with E-state index >= 15 is 0 Å². The van der Waals surface area contributed by atoms with E-state index in [0.29, 0.717) is 6.04 Å². The summed E-state index contributed by atoms with van der Waals surface area (Å²) < 4.78 is 0. The van der Waals surface area contributed by atoms with Gasteiger partial charge in [0.25, 0.3) is 0 Å². The van der Waals surface area contributed by atoms with E-state index in [9.17, 15) is 0 Å². The van der Waals surface area contributed by atoms with Crippen LogP contribution in [0.1, 0.15) is 111 Å². The van der Waals surface area contributed by atoms with Crippen molar-refractivity contribution in [3.63, 3.8) is 0 Å². The van der Waals surface area contributed by atoms with Crippen molar-refractivity contribution >= 4 is 0 Å². The summed E-state index contributed by atoms with van der Waals surface area (Å²) in [6.07, 6.45) is 20.1. The summed E-state index contributed by atoms with van der Waals surface area (Å²) in [5.41, 5.74) is 0. The van der Waals surface area contributed by atoms with Gasteiger partial charge in [-0.1, -0.05) is 111 Å². The molecule has 2 heteroatoms. The molecule has 0 N–H and O–H groups in total. The predicted octanol–water partition coefficient (Wildman–Crippen LogP) is 7.25. The van der Waals surface area contributed by atoms with Gasteiger partial charge in [-0.05, 0) is 0 Å². The molecule has 0 bridgehead atoms. The smallest absolute Gasteiger partial charge is 0 e. The molecule has 0 aromatic rings. The van der Waals surface area contributed by atoms with Gasteiger partial charge in [0.15, 0.2) is 0 Å². The molecule has 21 heavy (non-hydrogen) atoms. The van der Waals surface area contributed by atoms with Crippen LogP contribution in [0.4, 0.5) is 0 Å². The van der Waals surface area contributed by atoms with Crippen molar-refractivity contribution in [2.45, 2.75) is 117 Å². The summed E-state index contributed by atoms with van der Waals surface area (Å²) in [4.78, 5) is 0. The topological polar surface area (TPSA) is 14.1 Å². The van der Waals surface area contributed by atoms with Crippen LogP contribution in [0.5, 0.6) is 0 Å². The molecule has 0 heterocycles. The first-order chi connectivity index (χ1) is 9.77. The summed E-state index contributed by atoms with van der Waals surface area (Å²) in [6, 6.07) is 0.525. The molecule has 0 atom stereocenters. The van der Waals surface area contributed by atoms with Gasteiger partial charge in [-0.25, -0.2) is 0 Å². The Labute approximate surface area is 160 Å². The molecule has 0 aliphatic heterocycles. The van der Waals surface area contributed by atoms with Crippen molar-refractivity contribution in [2.75, 3.05) is 6.54 Å². The average molecular weight is 371 g/mol. The van der Waals surface area contributed by atoms with E-state index in [0.717, 1.165) is 6.54 Å². The second-order valence-corrected chi connectivity index (χ2v) is 6.60. The summed E-state index contributed by atoms with van der Waals surface area (Å²) >= 11 is 0. The first-order valence-electron chi connectivity index (χ1n) is 9.44. The second kappa shape index (κ2) is 21.1. The fraction of sp³-hybridized carbons (Fsp3) is 1.00. The van der Waals surface area contributed by atoms with Crippen molar-refractivity contribution in [3.8, 4) is 0 Å². The molecule has 1 nitrogen and oxygen atoms in total. The molecular weight excluding hydrogens is 331 g/mol. The SMILES string of the molecule is CCCCCCCCCCCCCCCC[N-]C(C)C.[Y]. The Morgan fingerprint density at radius 3 is 1.24 bits per heavy atom. The molecule has 125 valence electrons. The minimum absolute atomic E-state index is 0. The summed E-state index contributed by atoms with van der Waals surface area (Å²) in [7, 11) is 0. The first kappa shape index (κ1) is 24.3. The maximum Gasteiger partial charge on any atom is 0 e. The number of hydrogen-bond acceptors (Lipinski definition) is 0. The van der Waals surface area contributed by atoms with E-state index in [2.05, 4.69) is 26.1 Å². The number of hydrogen-bond donors (Lipinski definition) is 0. The zero-order chi connectivity index (χ0) is 14.9. The molecule has 0 aromatic carbocycles. The first-order valence-corrected chi connectivity index (χ1v) is 9.44. The molecule has 0 unspecified atom stereocenters. The Morgan fingerprint density at radius 1 is 0.571 bits per heavy atom. The van der Waals surface area contributed by atoms with Gasteiger partial charge >= 0.3 is 0 Å². The maximum absolute atomic E-state index is 4.52. The molecule has 0 fully saturated rings. The van der Waals surface area contributed by atoms with E-state index in [1.165, 1.54) is 89.9 Å². The summed E-state index contributed by atoms with van der Waals surface area (Å²) in [5.74, 6) is 0. The van der Waals surface area contributed by atoms with Crippen molar-refractivity contribution in [1.29, 1.82) is 0 Å². The van der Waals surface area contributed by atoms with Crippen LogP contribution < -0.4 is 0 Å². The van der Waals surface area contributed by atoms with Crippen LogP contribution >= 0.6 is 0 Å². The molecule has 0 amide bonds. The molecule has 0 aliphatic rings. The van der Waals surface area contributed by atoms with E-state index in [4.69, 9.17) is 0 Å². The Kier molecular flexibility index (Phi) is 24.4. The van der Waals surface area contributed by atoms with E-state index < -0.39 is 0 Å². The van der Waals surface area contributed by atoms with Gasteiger partial charge < -0.3 is 5.32 Å². The van der Waals surface area contributed by atoms with E-state index in [-0.39, 0.29) is 32.7 Å². The summed E-state index contributed by atoms with van der Waals surface area (Å²) in [6.45, 7) is 7.71. The van der Waals surface area contributed by atoms with Crippen LogP contribution in [-0.4, -0.2) is 12.6 Å². The van der Waals surface area contributed by atoms with Crippen molar-refractivity contribution in [1.82, 2.24) is 0 Å². The number of unbranched alkanes of at least 4 members (excludes halogenated alkanes) is 13. The normalized spacial score (nSPS) is 10.9. The largest absolute Gasteiger partial charge is 0.660 e. The number of rotatable bonds is 16. The van der Waals surface area contributed by atoms with Crippen LogP contribution in [0.2, 0.25) is 0 Å². The minimum atomic E-state index is 0. The van der Waals surface area contributed by atoms with Gasteiger partial charge in [-0.15, -0.1) is 12.6 Å². The Balaban J connectivity index is 0. The Morgan fingerprint density at radius 2 is 0.905 bits per heavy atom. The van der Waals surface area contributed by atoms with Crippen LogP contribution in [0.25, 0.3) is 5.32 Å². The van der Waals surface area contributed by atoms with Crippen molar-refractivity contribution < 1.29 is 32.7 Å². The molecule has 1 radical (unpaired) electrons. The van der Waals surface area contributed by atoms with Gasteiger partial charge in [0.2, 0.25) is 0 Å². The van der Waals surface area contributed by atoms with Crippen LogP contribution in [-0.2, 0) is 32.7 Å². The zero-order valence-electron chi connectivity index (χ0n) is 15.2. The number of nitrogens with zero attached hydrogens (tertiary/aromatic N) is 1. The quantitative estimate of drug-likeness (QED) is 0.254. The maximum atomic E-state index is 4.52. The van der Waals surface area contributed by atoms with Gasteiger partial charge in [0.1, 0.15) is 0 Å². The molecular formula is C19H40NY-. The van der Waals surface area contributed by atoms with Crippen LogP contribution in [0, 0.1) is 0 Å². The standard InChI is InChI=1S/C19H40N.Y/c1-4-5-6-7-8-9-10-11-12-13-14-15-16-17-18-20-19(2)3;/h19H,4-18H2,1-3H3;/q-1;. The second-order valence-electron chi connectivity index (χ2n) is 6.60. The fourth-order valence-electron chi connectivity index (χ4n) is 2.66. The monoisotopic (exact) mass is 371 g/mol. The molecule has 0 spiro atoms. The molecule has 0 aromatic heterocycles. The summed E-state index contributed by atoms with van der Waals surface area (Å²) in [5, 5.41) is 4.52. The van der Waals surface area contributed by atoms with E-state index in [1.54, 1.807) is 0 Å². The molecule has 0 aliphatic carbocycles. The zero-order valence-corrected chi connectivity index (χ0v) is 18.0. The van der Waals surface area contributed by atoms with Crippen LogP contribution in [0.3, 0.4) is 0 Å². The molecule has 0 saturated heterocycles. The minimum Gasteiger partial charge on any atom is -0.660 e. The third-order valence-electron chi connectivity index (χ3n) is 4.01. The van der Waals surface area contributed by atoms with Gasteiger partial charge in [0, 0.05) is 32.7 Å². The van der Waals surface area contributed by atoms with Gasteiger partial charge in [-0.3, -0.25) is 0 Å². The van der Waals surface area contributed by atoms with Crippen molar-refractivity contribution in [2.24, 2.45) is 0 Å². The van der Waals surface area contributed by atoms with E-state index in [1.807, 2.05) is 0 Å². The third-order valence-corrected chi connectivity index (χ3v) is 4.01. The molecule has 0 rings (SSSR count). The Hall–Kier alpha value is 1.06. The third kappa shape index (κ3) is 23.5. The van der Waals surface area contributed by atoms with Crippen LogP contribution in [0.15, 0.2) is 0 Å². The van der Waals surface area contributed by atoms with Crippen molar-refractivity contribution in [3.05, 3.63) is 5.32 Å². The Bertz CT molecular complexity index is 171. The fourth-order valence-corrected chi connectivity index (χ4v) is 2.66.